The number of sulfonamides is 1. The number of amides is 1. The summed E-state index contributed by atoms with van der Waals surface area (Å²) in [4.78, 5) is 13.1. The van der Waals surface area contributed by atoms with Gasteiger partial charge in [-0.3, -0.25) is 4.79 Å². The highest BCUT2D eigenvalue weighted by Crippen LogP contribution is 2.22. The molecule has 0 aliphatic rings. The lowest BCUT2D eigenvalue weighted by Gasteiger charge is -2.19. The molecule has 3 rings (SSSR count). The average Bonchev–Trinajstić information content (AvgIpc) is 2.77. The van der Waals surface area contributed by atoms with Crippen molar-refractivity contribution in [2.45, 2.75) is 31.2 Å². The molecule has 0 aliphatic heterocycles. The fourth-order valence-corrected chi connectivity index (χ4v) is 4.71. The van der Waals surface area contributed by atoms with Gasteiger partial charge in [-0.25, -0.2) is 8.42 Å². The van der Waals surface area contributed by atoms with Gasteiger partial charge in [0.05, 0.1) is 11.5 Å². The van der Waals surface area contributed by atoms with E-state index in [0.717, 1.165) is 10.0 Å². The van der Waals surface area contributed by atoms with E-state index in [1.54, 1.807) is 43.3 Å². The zero-order valence-electron chi connectivity index (χ0n) is 17.8. The van der Waals surface area contributed by atoms with Gasteiger partial charge in [0.15, 0.2) is 0 Å². The first-order chi connectivity index (χ1) is 15.3. The number of hydrogen-bond acceptors (Lipinski definition) is 4. The van der Waals surface area contributed by atoms with Crippen molar-refractivity contribution in [3.05, 3.63) is 88.4 Å². The van der Waals surface area contributed by atoms with Crippen LogP contribution in [0.5, 0.6) is 5.75 Å². The number of benzene rings is 3. The maximum Gasteiger partial charge on any atom is 0.242 e. The second-order valence-electron chi connectivity index (χ2n) is 7.22. The van der Waals surface area contributed by atoms with Crippen LogP contribution in [0.25, 0.3) is 0 Å². The van der Waals surface area contributed by atoms with E-state index < -0.39 is 22.0 Å². The summed E-state index contributed by atoms with van der Waals surface area (Å²) in [7, 11) is -3.95. The number of hydrogen-bond donors (Lipinski definition) is 2. The molecular weight excluding hydrogens is 492 g/mol. The second-order valence-corrected chi connectivity index (χ2v) is 9.85. The molecule has 8 heteroatoms. The highest BCUT2D eigenvalue weighted by atomic mass is 79.9. The van der Waals surface area contributed by atoms with Crippen LogP contribution in [0.4, 0.5) is 5.69 Å². The van der Waals surface area contributed by atoms with Gasteiger partial charge in [0.2, 0.25) is 15.9 Å². The SMILES string of the molecule is CCOc1ccc(S(=O)(=O)N[C@H](Cc2ccccc2)C(=O)Nc2ccc(Br)cc2)cc1C. The summed E-state index contributed by atoms with van der Waals surface area (Å²) in [5.41, 5.74) is 2.12. The van der Waals surface area contributed by atoms with Crippen molar-refractivity contribution in [2.75, 3.05) is 11.9 Å². The fourth-order valence-electron chi connectivity index (χ4n) is 3.16. The van der Waals surface area contributed by atoms with E-state index in [1.807, 2.05) is 37.3 Å². The Bertz CT molecular complexity index is 1170. The molecule has 32 heavy (non-hydrogen) atoms. The van der Waals surface area contributed by atoms with Gasteiger partial charge in [0.25, 0.3) is 0 Å². The molecule has 1 atom stereocenters. The van der Waals surface area contributed by atoms with E-state index in [1.165, 1.54) is 6.07 Å². The van der Waals surface area contributed by atoms with Crippen LogP contribution in [0.15, 0.2) is 82.2 Å². The monoisotopic (exact) mass is 516 g/mol. The molecule has 0 aliphatic carbocycles. The zero-order valence-corrected chi connectivity index (χ0v) is 20.2. The topological polar surface area (TPSA) is 84.5 Å². The van der Waals surface area contributed by atoms with E-state index in [0.29, 0.717) is 23.6 Å². The molecule has 0 radical (unpaired) electrons. The van der Waals surface area contributed by atoms with Gasteiger partial charge in [-0.2, -0.15) is 4.72 Å². The normalized spacial score (nSPS) is 12.2. The lowest BCUT2D eigenvalue weighted by atomic mass is 10.1. The number of carbonyl (C=O) groups is 1. The van der Waals surface area contributed by atoms with Crippen LogP contribution in [0.3, 0.4) is 0 Å². The minimum atomic E-state index is -3.95. The third kappa shape index (κ3) is 6.41. The predicted molar refractivity (Wildman–Crippen MR) is 129 cm³/mol. The first-order valence-corrected chi connectivity index (χ1v) is 12.4. The Balaban J connectivity index is 1.86. The lowest BCUT2D eigenvalue weighted by Crippen LogP contribution is -2.45. The lowest BCUT2D eigenvalue weighted by molar-refractivity contribution is -0.117. The van der Waals surface area contributed by atoms with Crippen molar-refractivity contribution in [1.29, 1.82) is 0 Å². The van der Waals surface area contributed by atoms with Gasteiger partial charge in [0, 0.05) is 10.2 Å². The number of halogens is 1. The Labute approximate surface area is 197 Å². The highest BCUT2D eigenvalue weighted by Gasteiger charge is 2.26. The molecule has 0 aromatic heterocycles. The third-order valence-corrected chi connectivity index (χ3v) is 6.76. The molecule has 3 aromatic carbocycles. The summed E-state index contributed by atoms with van der Waals surface area (Å²) in [5, 5.41) is 2.79. The van der Waals surface area contributed by atoms with Gasteiger partial charge in [-0.1, -0.05) is 46.3 Å². The van der Waals surface area contributed by atoms with Gasteiger partial charge < -0.3 is 10.1 Å². The van der Waals surface area contributed by atoms with Gasteiger partial charge >= 0.3 is 0 Å². The molecule has 0 unspecified atom stereocenters. The summed E-state index contributed by atoms with van der Waals surface area (Å²) in [5.74, 6) is 0.183. The molecule has 0 fully saturated rings. The minimum Gasteiger partial charge on any atom is -0.494 e. The molecule has 0 spiro atoms. The van der Waals surface area contributed by atoms with Crippen molar-refractivity contribution in [3.8, 4) is 5.75 Å². The molecule has 2 N–H and O–H groups in total. The average molecular weight is 517 g/mol. The molecule has 1 amide bonds. The van der Waals surface area contributed by atoms with E-state index in [9.17, 15) is 13.2 Å². The summed E-state index contributed by atoms with van der Waals surface area (Å²) in [6, 6.07) is 20.0. The first-order valence-electron chi connectivity index (χ1n) is 10.1. The largest absolute Gasteiger partial charge is 0.494 e. The number of carbonyl (C=O) groups excluding carboxylic acids is 1. The van der Waals surface area contributed by atoms with E-state index in [2.05, 4.69) is 26.0 Å². The van der Waals surface area contributed by atoms with Crippen molar-refractivity contribution < 1.29 is 17.9 Å². The smallest absolute Gasteiger partial charge is 0.242 e. The Hall–Kier alpha value is -2.68. The molecule has 0 bridgehead atoms. The number of rotatable bonds is 9. The maximum atomic E-state index is 13.1. The molecule has 0 saturated heterocycles. The summed E-state index contributed by atoms with van der Waals surface area (Å²) in [6.07, 6.45) is 0.207. The Morgan fingerprint density at radius 2 is 1.72 bits per heavy atom. The van der Waals surface area contributed by atoms with E-state index >= 15 is 0 Å². The Morgan fingerprint density at radius 1 is 1.03 bits per heavy atom. The predicted octanol–water partition coefficient (Wildman–Crippen LogP) is 4.68. The van der Waals surface area contributed by atoms with Crippen molar-refractivity contribution in [1.82, 2.24) is 4.72 Å². The minimum absolute atomic E-state index is 0.0768. The van der Waals surface area contributed by atoms with Crippen LogP contribution in [-0.2, 0) is 21.2 Å². The standard InChI is InChI=1S/C24H25BrN2O4S/c1-3-31-23-14-13-21(15-17(23)2)32(29,30)27-22(16-18-7-5-4-6-8-18)24(28)26-20-11-9-19(25)10-12-20/h4-15,22,27H,3,16H2,1-2H3,(H,26,28)/t22-/m1/s1. The number of anilines is 1. The summed E-state index contributed by atoms with van der Waals surface area (Å²) in [6.45, 7) is 4.14. The Morgan fingerprint density at radius 3 is 2.34 bits per heavy atom. The van der Waals surface area contributed by atoms with Gasteiger partial charge in [0.1, 0.15) is 11.8 Å². The van der Waals surface area contributed by atoms with Crippen LogP contribution in [-0.4, -0.2) is 27.0 Å². The van der Waals surface area contributed by atoms with Crippen LogP contribution in [0.1, 0.15) is 18.1 Å². The van der Waals surface area contributed by atoms with Crippen LogP contribution in [0, 0.1) is 6.92 Å². The molecule has 3 aromatic rings. The molecule has 168 valence electrons. The van der Waals surface area contributed by atoms with Crippen molar-refractivity contribution >= 4 is 37.5 Å². The number of nitrogens with one attached hydrogen (secondary N) is 2. The fraction of sp³-hybridized carbons (Fsp3) is 0.208. The van der Waals surface area contributed by atoms with Crippen LogP contribution >= 0.6 is 15.9 Å². The third-order valence-electron chi connectivity index (χ3n) is 4.76. The Kier molecular flexibility index (Phi) is 8.06. The number of aryl methyl sites for hydroxylation is 1. The second kappa shape index (κ2) is 10.8. The van der Waals surface area contributed by atoms with Crippen LogP contribution < -0.4 is 14.8 Å². The number of ether oxygens (including phenoxy) is 1. The van der Waals surface area contributed by atoms with Gasteiger partial charge in [-0.05, 0) is 73.9 Å². The molecule has 0 saturated carbocycles. The summed E-state index contributed by atoms with van der Waals surface area (Å²) >= 11 is 3.36. The van der Waals surface area contributed by atoms with Crippen molar-refractivity contribution in [3.63, 3.8) is 0 Å². The molecule has 6 nitrogen and oxygen atoms in total. The van der Waals surface area contributed by atoms with Crippen LogP contribution in [0.2, 0.25) is 0 Å². The molecule has 0 heterocycles. The van der Waals surface area contributed by atoms with E-state index in [4.69, 9.17) is 4.74 Å². The maximum absolute atomic E-state index is 13.1. The highest BCUT2D eigenvalue weighted by molar-refractivity contribution is 9.10. The first kappa shape index (κ1) is 24.0. The van der Waals surface area contributed by atoms with Gasteiger partial charge in [-0.15, -0.1) is 0 Å². The summed E-state index contributed by atoms with van der Waals surface area (Å²) < 4.78 is 35.2. The quantitative estimate of drug-likeness (QED) is 0.432. The van der Waals surface area contributed by atoms with E-state index in [-0.39, 0.29) is 11.3 Å². The molecular formula is C24H25BrN2O4S. The van der Waals surface area contributed by atoms with Crippen molar-refractivity contribution in [2.24, 2.45) is 0 Å². The zero-order chi connectivity index (χ0) is 23.1.